The van der Waals surface area contributed by atoms with Gasteiger partial charge < -0.3 is 10.2 Å². The van der Waals surface area contributed by atoms with E-state index in [4.69, 9.17) is 10.2 Å². The molecule has 0 heterocycles. The molecular weight excluding hydrogens is 200 g/mol. The van der Waals surface area contributed by atoms with Gasteiger partial charge in [0.2, 0.25) is 0 Å². The van der Waals surface area contributed by atoms with Crippen molar-refractivity contribution in [2.24, 2.45) is 11.7 Å². The van der Waals surface area contributed by atoms with Gasteiger partial charge in [-0.3, -0.25) is 21.3 Å². The van der Waals surface area contributed by atoms with E-state index >= 15 is 0 Å². The lowest BCUT2D eigenvalue weighted by Gasteiger charge is -1.97. The van der Waals surface area contributed by atoms with Crippen molar-refractivity contribution in [3.63, 3.8) is 0 Å². The van der Waals surface area contributed by atoms with Gasteiger partial charge in [0.25, 0.3) is 0 Å². The highest BCUT2D eigenvalue weighted by Crippen LogP contribution is 2.06. The summed E-state index contributed by atoms with van der Waals surface area (Å²) in [5, 5.41) is 16.6. The Hall–Kier alpha value is -1.14. The van der Waals surface area contributed by atoms with Crippen molar-refractivity contribution in [3.05, 3.63) is 0 Å². The number of carboxylic acids is 2. The SMILES string of the molecule is NN.O=C(O)CCCCCCCC(=O)O. The van der Waals surface area contributed by atoms with E-state index in [0.717, 1.165) is 19.3 Å². The van der Waals surface area contributed by atoms with Crippen LogP contribution in [0.4, 0.5) is 0 Å². The summed E-state index contributed by atoms with van der Waals surface area (Å²) < 4.78 is 0. The Bertz CT molecular complexity index is 155. The molecule has 6 N–H and O–H groups in total. The maximum atomic E-state index is 10.1. The molecule has 0 rings (SSSR count). The highest BCUT2D eigenvalue weighted by atomic mass is 16.4. The van der Waals surface area contributed by atoms with Crippen LogP contribution in [0.3, 0.4) is 0 Å². The molecule has 0 aliphatic carbocycles. The topological polar surface area (TPSA) is 127 Å². The number of aliphatic carboxylic acids is 2. The third-order valence-electron chi connectivity index (χ3n) is 1.78. The summed E-state index contributed by atoms with van der Waals surface area (Å²) in [6.45, 7) is 0. The van der Waals surface area contributed by atoms with Crippen LogP contribution in [0.5, 0.6) is 0 Å². The summed E-state index contributed by atoms with van der Waals surface area (Å²) in [7, 11) is 0. The molecule has 90 valence electrons. The molecule has 0 aromatic carbocycles. The molecule has 0 amide bonds. The van der Waals surface area contributed by atoms with Gasteiger partial charge in [0.05, 0.1) is 0 Å². The minimum absolute atomic E-state index is 0.221. The van der Waals surface area contributed by atoms with E-state index in [1.54, 1.807) is 0 Å². The Morgan fingerprint density at radius 3 is 1.27 bits per heavy atom. The molecule has 6 heteroatoms. The molecule has 0 fully saturated rings. The molecule has 15 heavy (non-hydrogen) atoms. The largest absolute Gasteiger partial charge is 0.481 e. The van der Waals surface area contributed by atoms with E-state index in [0.29, 0.717) is 12.8 Å². The number of hydrazine groups is 1. The highest BCUT2D eigenvalue weighted by molar-refractivity contribution is 5.66. The first-order valence-electron chi connectivity index (χ1n) is 4.90. The average Bonchev–Trinajstić information content (AvgIpc) is 2.18. The maximum Gasteiger partial charge on any atom is 0.303 e. The van der Waals surface area contributed by atoms with E-state index in [1.165, 1.54) is 0 Å². The first-order chi connectivity index (χ1) is 7.13. The van der Waals surface area contributed by atoms with Gasteiger partial charge in [-0.1, -0.05) is 19.3 Å². The zero-order valence-corrected chi connectivity index (χ0v) is 8.82. The Kier molecular flexibility index (Phi) is 14.0. The number of nitrogens with two attached hydrogens (primary N) is 2. The third kappa shape index (κ3) is 19.3. The van der Waals surface area contributed by atoms with E-state index < -0.39 is 11.9 Å². The summed E-state index contributed by atoms with van der Waals surface area (Å²) in [5.74, 6) is 6.48. The molecule has 0 bridgehead atoms. The van der Waals surface area contributed by atoms with E-state index in [-0.39, 0.29) is 12.8 Å². The molecule has 0 aliphatic heterocycles. The average molecular weight is 220 g/mol. The molecule has 0 unspecified atom stereocenters. The van der Waals surface area contributed by atoms with Gasteiger partial charge >= 0.3 is 11.9 Å². The number of unbranched alkanes of at least 4 members (excludes halogenated alkanes) is 4. The fraction of sp³-hybridized carbons (Fsp3) is 0.778. The second-order valence-electron chi connectivity index (χ2n) is 3.06. The summed E-state index contributed by atoms with van der Waals surface area (Å²) >= 11 is 0. The van der Waals surface area contributed by atoms with Gasteiger partial charge in [0.15, 0.2) is 0 Å². The minimum atomic E-state index is -0.759. The quantitative estimate of drug-likeness (QED) is 0.271. The second kappa shape index (κ2) is 12.9. The molecule has 0 aromatic rings. The predicted octanol–water partition coefficient (Wildman–Crippen LogP) is 0.705. The van der Waals surface area contributed by atoms with Crippen LogP contribution < -0.4 is 11.7 Å². The highest BCUT2D eigenvalue weighted by Gasteiger charge is 1.98. The van der Waals surface area contributed by atoms with Gasteiger partial charge in [-0.15, -0.1) is 0 Å². The lowest BCUT2D eigenvalue weighted by Crippen LogP contribution is -2.02. The fourth-order valence-electron chi connectivity index (χ4n) is 1.08. The summed E-state index contributed by atoms with van der Waals surface area (Å²) in [4.78, 5) is 20.2. The van der Waals surface area contributed by atoms with Crippen molar-refractivity contribution >= 4 is 11.9 Å². The van der Waals surface area contributed by atoms with Crippen LogP contribution in [0.1, 0.15) is 44.9 Å². The molecule has 0 saturated carbocycles. The Labute approximate surface area is 89.2 Å². The van der Waals surface area contributed by atoms with E-state index in [1.807, 2.05) is 0 Å². The van der Waals surface area contributed by atoms with Gasteiger partial charge in [0, 0.05) is 12.8 Å². The zero-order valence-electron chi connectivity index (χ0n) is 8.82. The van der Waals surface area contributed by atoms with Crippen LogP contribution in [0.15, 0.2) is 0 Å². The first-order valence-corrected chi connectivity index (χ1v) is 4.90. The molecule has 6 nitrogen and oxygen atoms in total. The number of rotatable bonds is 8. The van der Waals surface area contributed by atoms with Gasteiger partial charge in [-0.2, -0.15) is 0 Å². The van der Waals surface area contributed by atoms with E-state index in [9.17, 15) is 9.59 Å². The molecule has 0 aliphatic rings. The number of hydrogen-bond donors (Lipinski definition) is 4. The zero-order chi connectivity index (χ0) is 12.1. The minimum Gasteiger partial charge on any atom is -0.481 e. The Morgan fingerprint density at radius 1 is 0.733 bits per heavy atom. The predicted molar refractivity (Wildman–Crippen MR) is 56.0 cm³/mol. The Balaban J connectivity index is 0. The van der Waals surface area contributed by atoms with Crippen LogP contribution >= 0.6 is 0 Å². The number of carboxylic acid groups (broad SMARTS) is 2. The lowest BCUT2D eigenvalue weighted by molar-refractivity contribution is -0.138. The fourth-order valence-corrected chi connectivity index (χ4v) is 1.08. The van der Waals surface area contributed by atoms with Crippen molar-refractivity contribution < 1.29 is 19.8 Å². The lowest BCUT2D eigenvalue weighted by atomic mass is 10.1. The van der Waals surface area contributed by atoms with Crippen LogP contribution in [-0.4, -0.2) is 22.2 Å². The molecule has 0 atom stereocenters. The number of carbonyl (C=O) groups is 2. The van der Waals surface area contributed by atoms with E-state index in [2.05, 4.69) is 11.7 Å². The van der Waals surface area contributed by atoms with Crippen molar-refractivity contribution in [1.82, 2.24) is 0 Å². The normalized spacial score (nSPS) is 8.93. The Morgan fingerprint density at radius 2 is 1.00 bits per heavy atom. The monoisotopic (exact) mass is 220 g/mol. The second-order valence-corrected chi connectivity index (χ2v) is 3.06. The molecule has 0 spiro atoms. The summed E-state index contributed by atoms with van der Waals surface area (Å²) in [6, 6.07) is 0. The summed E-state index contributed by atoms with van der Waals surface area (Å²) in [5.41, 5.74) is 0. The first kappa shape index (κ1) is 16.3. The van der Waals surface area contributed by atoms with Crippen LogP contribution in [0, 0.1) is 0 Å². The molecular formula is C9H20N2O4. The standard InChI is InChI=1S/C9H16O4.H4N2/c10-8(11)6-4-2-1-3-5-7-9(12)13;1-2/h1-7H2,(H,10,11)(H,12,13);1-2H2. The van der Waals surface area contributed by atoms with Crippen molar-refractivity contribution in [3.8, 4) is 0 Å². The van der Waals surface area contributed by atoms with Crippen molar-refractivity contribution in [2.75, 3.05) is 0 Å². The van der Waals surface area contributed by atoms with Crippen molar-refractivity contribution in [1.29, 1.82) is 0 Å². The smallest absolute Gasteiger partial charge is 0.303 e. The van der Waals surface area contributed by atoms with Crippen LogP contribution in [0.25, 0.3) is 0 Å². The molecule has 0 radical (unpaired) electrons. The number of hydrogen-bond acceptors (Lipinski definition) is 4. The van der Waals surface area contributed by atoms with Gasteiger partial charge in [0.1, 0.15) is 0 Å². The third-order valence-corrected chi connectivity index (χ3v) is 1.78. The molecule has 0 saturated heterocycles. The summed E-state index contributed by atoms with van der Waals surface area (Å²) in [6.07, 6.45) is 4.53. The van der Waals surface area contributed by atoms with Gasteiger partial charge in [-0.05, 0) is 12.8 Å². The maximum absolute atomic E-state index is 10.1. The molecule has 0 aromatic heterocycles. The van der Waals surface area contributed by atoms with Crippen LogP contribution in [-0.2, 0) is 9.59 Å². The van der Waals surface area contributed by atoms with Gasteiger partial charge in [-0.25, -0.2) is 0 Å². The van der Waals surface area contributed by atoms with Crippen molar-refractivity contribution in [2.45, 2.75) is 44.9 Å². The van der Waals surface area contributed by atoms with Crippen LogP contribution in [0.2, 0.25) is 0 Å².